The number of hydrogen-bond donors (Lipinski definition) is 2. The maximum atomic E-state index is 11.1. The van der Waals surface area contributed by atoms with Crippen LogP contribution in [-0.4, -0.2) is 36.0 Å². The SMILES string of the molecule is CCS(=O)(=O)[C@H]1C[C@@]1(N)C(=O)O. The lowest BCUT2D eigenvalue weighted by Crippen LogP contribution is -2.39. The molecule has 0 saturated heterocycles. The summed E-state index contributed by atoms with van der Waals surface area (Å²) >= 11 is 0. The lowest BCUT2D eigenvalue weighted by Gasteiger charge is -2.04. The molecule has 12 heavy (non-hydrogen) atoms. The van der Waals surface area contributed by atoms with Gasteiger partial charge in [-0.3, -0.25) is 4.79 Å². The monoisotopic (exact) mass is 193 g/mol. The average Bonchev–Trinajstić information content (AvgIpc) is 2.65. The summed E-state index contributed by atoms with van der Waals surface area (Å²) in [6.45, 7) is 1.48. The number of carboxylic acid groups (broad SMARTS) is 1. The first kappa shape index (κ1) is 9.47. The second kappa shape index (κ2) is 2.43. The van der Waals surface area contributed by atoms with Crippen molar-refractivity contribution in [3.05, 3.63) is 0 Å². The molecule has 70 valence electrons. The predicted molar refractivity (Wildman–Crippen MR) is 42.4 cm³/mol. The molecule has 0 unspecified atom stereocenters. The first-order valence-corrected chi connectivity index (χ1v) is 5.30. The van der Waals surface area contributed by atoms with Gasteiger partial charge < -0.3 is 10.8 Å². The fraction of sp³-hybridized carbons (Fsp3) is 0.833. The van der Waals surface area contributed by atoms with Crippen molar-refractivity contribution >= 4 is 15.8 Å². The van der Waals surface area contributed by atoms with E-state index in [1.807, 2.05) is 0 Å². The van der Waals surface area contributed by atoms with Crippen molar-refractivity contribution in [2.75, 3.05) is 5.75 Å². The number of aliphatic carboxylic acids is 1. The number of nitrogens with two attached hydrogens (primary N) is 1. The van der Waals surface area contributed by atoms with Gasteiger partial charge in [-0.15, -0.1) is 0 Å². The van der Waals surface area contributed by atoms with E-state index in [2.05, 4.69) is 0 Å². The van der Waals surface area contributed by atoms with E-state index in [0.717, 1.165) is 0 Å². The molecule has 1 fully saturated rings. The van der Waals surface area contributed by atoms with Gasteiger partial charge in [-0.1, -0.05) is 6.92 Å². The van der Waals surface area contributed by atoms with E-state index in [0.29, 0.717) is 0 Å². The zero-order valence-corrected chi connectivity index (χ0v) is 7.47. The Bertz CT molecular complexity index is 310. The quantitative estimate of drug-likeness (QED) is 0.597. The molecule has 6 heteroatoms. The van der Waals surface area contributed by atoms with E-state index >= 15 is 0 Å². The van der Waals surface area contributed by atoms with Gasteiger partial charge in [0, 0.05) is 5.75 Å². The molecule has 2 atom stereocenters. The van der Waals surface area contributed by atoms with Crippen LogP contribution in [-0.2, 0) is 14.6 Å². The highest BCUT2D eigenvalue weighted by molar-refractivity contribution is 7.92. The number of rotatable bonds is 3. The van der Waals surface area contributed by atoms with Gasteiger partial charge in [-0.2, -0.15) is 0 Å². The van der Waals surface area contributed by atoms with Crippen molar-refractivity contribution in [1.82, 2.24) is 0 Å². The topological polar surface area (TPSA) is 97.5 Å². The number of carbonyl (C=O) groups is 1. The summed E-state index contributed by atoms with van der Waals surface area (Å²) in [5, 5.41) is 7.67. The minimum Gasteiger partial charge on any atom is -0.480 e. The van der Waals surface area contributed by atoms with Crippen LogP contribution in [0.2, 0.25) is 0 Å². The largest absolute Gasteiger partial charge is 0.480 e. The van der Waals surface area contributed by atoms with Gasteiger partial charge in [0.25, 0.3) is 0 Å². The minimum atomic E-state index is -3.28. The van der Waals surface area contributed by atoms with E-state index in [1.165, 1.54) is 6.92 Å². The smallest absolute Gasteiger partial charge is 0.325 e. The van der Waals surface area contributed by atoms with Gasteiger partial charge in [-0.25, -0.2) is 8.42 Å². The Hall–Kier alpha value is -0.620. The van der Waals surface area contributed by atoms with Crippen LogP contribution < -0.4 is 5.73 Å². The summed E-state index contributed by atoms with van der Waals surface area (Å²) in [6, 6.07) is 0. The summed E-state index contributed by atoms with van der Waals surface area (Å²) in [4.78, 5) is 10.5. The van der Waals surface area contributed by atoms with Crippen LogP contribution in [0.1, 0.15) is 13.3 Å². The van der Waals surface area contributed by atoms with Crippen molar-refractivity contribution in [2.24, 2.45) is 5.73 Å². The maximum absolute atomic E-state index is 11.1. The Morgan fingerprint density at radius 1 is 1.75 bits per heavy atom. The first-order valence-electron chi connectivity index (χ1n) is 3.58. The Morgan fingerprint density at radius 3 is 2.50 bits per heavy atom. The zero-order chi connectivity index (χ0) is 9.57. The van der Waals surface area contributed by atoms with Crippen LogP contribution in [0.5, 0.6) is 0 Å². The van der Waals surface area contributed by atoms with E-state index in [4.69, 9.17) is 10.8 Å². The van der Waals surface area contributed by atoms with Gasteiger partial charge >= 0.3 is 5.97 Å². The van der Waals surface area contributed by atoms with Gasteiger partial charge in [-0.05, 0) is 6.42 Å². The molecule has 0 bridgehead atoms. The van der Waals surface area contributed by atoms with Crippen molar-refractivity contribution < 1.29 is 18.3 Å². The molecule has 1 saturated carbocycles. The molecule has 0 aliphatic heterocycles. The molecule has 1 rings (SSSR count). The molecule has 1 aliphatic carbocycles. The Morgan fingerprint density at radius 2 is 2.25 bits per heavy atom. The second-order valence-electron chi connectivity index (χ2n) is 2.99. The molecular weight excluding hydrogens is 182 g/mol. The van der Waals surface area contributed by atoms with Crippen LogP contribution in [0.3, 0.4) is 0 Å². The lowest BCUT2D eigenvalue weighted by atomic mass is 10.3. The van der Waals surface area contributed by atoms with Crippen molar-refractivity contribution in [3.8, 4) is 0 Å². The van der Waals surface area contributed by atoms with Crippen LogP contribution in [0, 0.1) is 0 Å². The molecular formula is C6H11NO4S. The highest BCUT2D eigenvalue weighted by atomic mass is 32.2. The number of hydrogen-bond acceptors (Lipinski definition) is 4. The molecule has 0 aromatic carbocycles. The van der Waals surface area contributed by atoms with Crippen LogP contribution in [0.15, 0.2) is 0 Å². The van der Waals surface area contributed by atoms with Crippen LogP contribution >= 0.6 is 0 Å². The molecule has 0 aromatic rings. The number of carboxylic acids is 1. The molecule has 0 amide bonds. The third-order valence-corrected chi connectivity index (χ3v) is 4.43. The van der Waals surface area contributed by atoms with E-state index < -0.39 is 26.6 Å². The zero-order valence-electron chi connectivity index (χ0n) is 6.65. The summed E-state index contributed by atoms with van der Waals surface area (Å²) in [7, 11) is -3.28. The van der Waals surface area contributed by atoms with Gasteiger partial charge in [0.05, 0.1) is 5.25 Å². The third kappa shape index (κ3) is 1.21. The fourth-order valence-corrected chi connectivity index (χ4v) is 2.80. The summed E-state index contributed by atoms with van der Waals surface area (Å²) < 4.78 is 22.3. The summed E-state index contributed by atoms with van der Waals surface area (Å²) in [6.07, 6.45) is 0.0402. The van der Waals surface area contributed by atoms with E-state index in [1.54, 1.807) is 0 Å². The Labute approximate surface area is 70.5 Å². The number of sulfone groups is 1. The Balaban J connectivity index is 2.83. The van der Waals surface area contributed by atoms with Gasteiger partial charge in [0.2, 0.25) is 0 Å². The maximum Gasteiger partial charge on any atom is 0.325 e. The minimum absolute atomic E-state index is 0.0402. The second-order valence-corrected chi connectivity index (χ2v) is 5.46. The van der Waals surface area contributed by atoms with E-state index in [-0.39, 0.29) is 12.2 Å². The summed E-state index contributed by atoms with van der Waals surface area (Å²) in [5.41, 5.74) is 3.80. The predicted octanol–water partition coefficient (Wildman–Crippen LogP) is -1.02. The van der Waals surface area contributed by atoms with Crippen molar-refractivity contribution in [3.63, 3.8) is 0 Å². The van der Waals surface area contributed by atoms with Gasteiger partial charge in [0.1, 0.15) is 5.54 Å². The van der Waals surface area contributed by atoms with Crippen LogP contribution in [0.25, 0.3) is 0 Å². The first-order chi connectivity index (χ1) is 5.34. The van der Waals surface area contributed by atoms with Crippen molar-refractivity contribution in [1.29, 1.82) is 0 Å². The summed E-state index contributed by atoms with van der Waals surface area (Å²) in [5.74, 6) is -1.28. The normalized spacial score (nSPS) is 34.7. The average molecular weight is 193 g/mol. The van der Waals surface area contributed by atoms with E-state index in [9.17, 15) is 13.2 Å². The van der Waals surface area contributed by atoms with Crippen LogP contribution in [0.4, 0.5) is 0 Å². The van der Waals surface area contributed by atoms with Gasteiger partial charge in [0.15, 0.2) is 9.84 Å². The Kier molecular flexibility index (Phi) is 1.92. The molecule has 3 N–H and O–H groups in total. The fourth-order valence-electron chi connectivity index (χ4n) is 1.12. The molecule has 0 heterocycles. The molecule has 0 spiro atoms. The van der Waals surface area contributed by atoms with Crippen molar-refractivity contribution in [2.45, 2.75) is 24.1 Å². The molecule has 0 radical (unpaired) electrons. The highest BCUT2D eigenvalue weighted by Crippen LogP contribution is 2.40. The molecule has 0 aromatic heterocycles. The lowest BCUT2D eigenvalue weighted by molar-refractivity contribution is -0.139. The molecule has 1 aliphatic rings. The highest BCUT2D eigenvalue weighted by Gasteiger charge is 2.63. The standard InChI is InChI=1S/C6H11NO4S/c1-2-12(10,11)4-3-6(4,7)5(8)9/h4H,2-3,7H2,1H3,(H,8,9)/t4-,6-/m0/s1. The third-order valence-electron chi connectivity index (χ3n) is 2.17. The molecule has 5 nitrogen and oxygen atoms in total.